The van der Waals surface area contributed by atoms with Crippen molar-refractivity contribution < 1.29 is 51.0 Å². The van der Waals surface area contributed by atoms with Crippen LogP contribution in [-0.2, 0) is 26.2 Å². The van der Waals surface area contributed by atoms with Gasteiger partial charge in [-0.15, -0.1) is 0 Å². The third-order valence-corrected chi connectivity index (χ3v) is 3.74. The Kier molecular flexibility index (Phi) is 18.7. The molecule has 2 unspecified atom stereocenters. The Morgan fingerprint density at radius 1 is 0.667 bits per heavy atom. The fourth-order valence-corrected chi connectivity index (χ4v) is 1.91. The second-order valence-corrected chi connectivity index (χ2v) is 5.06. The molecule has 0 radical (unpaired) electrons. The van der Waals surface area contributed by atoms with Gasteiger partial charge in [0.15, 0.2) is 0 Å². The summed E-state index contributed by atoms with van der Waals surface area (Å²) in [6, 6.07) is 17.1. The minimum absolute atomic E-state index is 0. The molecule has 0 aliphatic heterocycles. The third-order valence-electron chi connectivity index (χ3n) is 3.74. The summed E-state index contributed by atoms with van der Waals surface area (Å²) >= 11 is 0. The van der Waals surface area contributed by atoms with Crippen LogP contribution in [0.4, 0.5) is 0 Å². The monoisotopic (exact) mass is 402 g/mol. The van der Waals surface area contributed by atoms with Gasteiger partial charge in [0.25, 0.3) is 0 Å². The average molecular weight is 405 g/mol. The molecule has 0 heterocycles. The Bertz CT molecular complexity index is 353. The van der Waals surface area contributed by atoms with Crippen molar-refractivity contribution in [2.75, 3.05) is 0 Å². The Morgan fingerprint density at radius 3 is 1.10 bits per heavy atom. The molecule has 116 valence electrons. The molecule has 2 rings (SSSR count). The Hall–Kier alpha value is 0.163. The van der Waals surface area contributed by atoms with Crippen molar-refractivity contribution in [1.82, 2.24) is 0 Å². The van der Waals surface area contributed by atoms with Crippen molar-refractivity contribution in [1.29, 1.82) is 0 Å². The van der Waals surface area contributed by atoms with E-state index in [1.807, 2.05) is 0 Å². The molecule has 21 heavy (non-hydrogen) atoms. The van der Waals surface area contributed by atoms with Gasteiger partial charge in [0.2, 0.25) is 0 Å². The molecule has 0 spiro atoms. The number of rotatable bonds is 4. The molecule has 0 nitrogen and oxygen atoms in total. The predicted octanol–water partition coefficient (Wildman–Crippen LogP) is -0.156. The van der Waals surface area contributed by atoms with Crippen molar-refractivity contribution in [2.45, 2.75) is 52.4 Å². The van der Waals surface area contributed by atoms with Gasteiger partial charge in [0.1, 0.15) is 0 Å². The minimum atomic E-state index is 0. The molecule has 0 aliphatic carbocycles. The molecule has 0 saturated heterocycles. The molecule has 0 aliphatic rings. The van der Waals surface area contributed by atoms with E-state index in [4.69, 9.17) is 0 Å². The van der Waals surface area contributed by atoms with E-state index in [0.717, 1.165) is 11.8 Å². The zero-order chi connectivity index (χ0) is 13.4. The van der Waals surface area contributed by atoms with Crippen molar-refractivity contribution in [2.24, 2.45) is 0 Å². The van der Waals surface area contributed by atoms with Crippen LogP contribution in [-0.4, -0.2) is 0 Å². The molecule has 0 amide bonds. The van der Waals surface area contributed by atoms with Gasteiger partial charge in [-0.05, 0) is 0 Å². The van der Waals surface area contributed by atoms with E-state index in [1.54, 1.807) is 0 Å². The van der Waals surface area contributed by atoms with Crippen molar-refractivity contribution in [3.8, 4) is 0 Å². The first kappa shape index (κ1) is 26.1. The van der Waals surface area contributed by atoms with E-state index in [-0.39, 0.29) is 51.0 Å². The maximum Gasteiger partial charge on any atom is 4.00 e. The van der Waals surface area contributed by atoms with Crippen LogP contribution in [0.2, 0.25) is 0 Å². The van der Waals surface area contributed by atoms with E-state index in [2.05, 4.69) is 76.2 Å². The topological polar surface area (TPSA) is 0 Å². The second kappa shape index (κ2) is 15.1. The number of halogens is 2. The van der Waals surface area contributed by atoms with Crippen LogP contribution in [0, 0.1) is 0 Å². The standard InChI is InChI=1S/2C9H13.2ClH.Zr/c2*1-3-8(2)9-6-4-5-7-9;;;/h2*4-8H,3H2,1-2H3;2*1H;/q2*-1;;;+4/p-2. The van der Waals surface area contributed by atoms with Gasteiger partial charge in [-0.1, -0.05) is 52.4 Å². The van der Waals surface area contributed by atoms with E-state index in [0.29, 0.717) is 0 Å². The second-order valence-electron chi connectivity index (χ2n) is 5.06. The Labute approximate surface area is 162 Å². The number of hydrogen-bond donors (Lipinski definition) is 0. The number of hydrogen-bond acceptors (Lipinski definition) is 0. The molecule has 0 N–H and O–H groups in total. The summed E-state index contributed by atoms with van der Waals surface area (Å²) in [5, 5.41) is 0. The average Bonchev–Trinajstić information content (AvgIpc) is 3.09. The van der Waals surface area contributed by atoms with Gasteiger partial charge in [-0.25, -0.2) is 24.3 Å². The normalized spacial score (nSPS) is 11.6. The van der Waals surface area contributed by atoms with Gasteiger partial charge in [0, 0.05) is 0 Å². The quantitative estimate of drug-likeness (QED) is 0.622. The van der Waals surface area contributed by atoms with Gasteiger partial charge in [-0.3, -0.25) is 0 Å². The molecular formula is C18H26Cl2Zr. The minimum Gasteiger partial charge on any atom is -1.00 e. The summed E-state index contributed by atoms with van der Waals surface area (Å²) in [5.74, 6) is 1.47. The van der Waals surface area contributed by atoms with Crippen molar-refractivity contribution >= 4 is 0 Å². The largest absolute Gasteiger partial charge is 4.00 e. The Morgan fingerprint density at radius 2 is 0.905 bits per heavy atom. The molecule has 0 fully saturated rings. The molecule has 2 aromatic carbocycles. The van der Waals surface area contributed by atoms with Gasteiger partial charge in [-0.2, -0.15) is 35.4 Å². The molecule has 3 heteroatoms. The van der Waals surface area contributed by atoms with Gasteiger partial charge >= 0.3 is 26.2 Å². The van der Waals surface area contributed by atoms with Crippen molar-refractivity contribution in [3.63, 3.8) is 0 Å². The van der Waals surface area contributed by atoms with Crippen LogP contribution < -0.4 is 24.8 Å². The molecule has 0 aromatic heterocycles. The van der Waals surface area contributed by atoms with Crippen LogP contribution >= 0.6 is 0 Å². The predicted molar refractivity (Wildman–Crippen MR) is 81.5 cm³/mol. The van der Waals surface area contributed by atoms with Crippen LogP contribution in [0.5, 0.6) is 0 Å². The van der Waals surface area contributed by atoms with Gasteiger partial charge in [0.05, 0.1) is 0 Å². The fourth-order valence-electron chi connectivity index (χ4n) is 1.91. The smallest absolute Gasteiger partial charge is 1.00 e. The first-order valence-corrected chi connectivity index (χ1v) is 7.12. The van der Waals surface area contributed by atoms with E-state index >= 15 is 0 Å². The molecule has 2 aromatic rings. The van der Waals surface area contributed by atoms with E-state index in [1.165, 1.54) is 24.0 Å². The van der Waals surface area contributed by atoms with Crippen LogP contribution in [0.15, 0.2) is 48.5 Å². The van der Waals surface area contributed by atoms with Crippen molar-refractivity contribution in [3.05, 3.63) is 59.7 Å². The van der Waals surface area contributed by atoms with Crippen LogP contribution in [0.25, 0.3) is 0 Å². The molecule has 0 bridgehead atoms. The Balaban J connectivity index is -0.000000270. The van der Waals surface area contributed by atoms with E-state index < -0.39 is 0 Å². The van der Waals surface area contributed by atoms with E-state index in [9.17, 15) is 0 Å². The SMILES string of the molecule is CCC(C)[c-]1cccc1.CCC(C)[c-]1cccc1.[Cl-].[Cl-].[Zr+4]. The maximum atomic E-state index is 2.26. The third kappa shape index (κ3) is 9.72. The molecule has 2 atom stereocenters. The summed E-state index contributed by atoms with van der Waals surface area (Å²) in [4.78, 5) is 0. The fraction of sp³-hybridized carbons (Fsp3) is 0.444. The summed E-state index contributed by atoms with van der Waals surface area (Å²) in [6.45, 7) is 8.96. The summed E-state index contributed by atoms with van der Waals surface area (Å²) in [5.41, 5.74) is 2.94. The van der Waals surface area contributed by atoms with Gasteiger partial charge < -0.3 is 24.8 Å². The summed E-state index contributed by atoms with van der Waals surface area (Å²) in [6.07, 6.45) is 2.48. The summed E-state index contributed by atoms with van der Waals surface area (Å²) < 4.78 is 0. The summed E-state index contributed by atoms with van der Waals surface area (Å²) in [7, 11) is 0. The molecule has 0 saturated carbocycles. The maximum absolute atomic E-state index is 2.26. The first-order chi connectivity index (χ1) is 8.69. The van der Waals surface area contributed by atoms with Crippen LogP contribution in [0.3, 0.4) is 0 Å². The first-order valence-electron chi connectivity index (χ1n) is 7.12. The van der Waals surface area contributed by atoms with Crippen LogP contribution in [0.1, 0.15) is 63.5 Å². The zero-order valence-corrected chi connectivity index (χ0v) is 17.4. The molecular weight excluding hydrogens is 378 g/mol. The zero-order valence-electron chi connectivity index (χ0n) is 13.4.